The van der Waals surface area contributed by atoms with Crippen molar-refractivity contribution in [2.24, 2.45) is 11.8 Å². The number of methoxy groups -OCH3 is 1. The average molecular weight is 585 g/mol. The smallest absolute Gasteiger partial charge is 0.160 e. The Bertz CT molecular complexity index is 1500. The molecule has 0 aliphatic heterocycles. The van der Waals surface area contributed by atoms with Gasteiger partial charge in [-0.15, -0.1) is 5.92 Å². The standard InChI is InChI=1S/C36H40O7/c1-43-35-21-29(25(22-37)17-34(35)42)28-19-27(38)20-32(40)30(11-7-10-24(28)16-23-8-3-2-4-9-23)36(14-5-6-15-36)26-12-13-31(39)33(41)18-26/h2-4,8-9,12-13,17-18,21,24,28,30,32,37,39-42H,5-6,11,14-16,19-20,22H2,1H3. The Balaban J connectivity index is 1.60. The lowest BCUT2D eigenvalue weighted by atomic mass is 9.64. The number of aliphatic hydroxyl groups is 2. The van der Waals surface area contributed by atoms with Gasteiger partial charge in [-0.2, -0.15) is 0 Å². The summed E-state index contributed by atoms with van der Waals surface area (Å²) >= 11 is 0. The van der Waals surface area contributed by atoms with Crippen LogP contribution in [0.5, 0.6) is 23.0 Å². The van der Waals surface area contributed by atoms with Crippen molar-refractivity contribution < 1.29 is 35.1 Å². The molecule has 0 saturated heterocycles. The number of ketones is 1. The van der Waals surface area contributed by atoms with Gasteiger partial charge in [0.15, 0.2) is 23.0 Å². The van der Waals surface area contributed by atoms with Crippen molar-refractivity contribution in [3.05, 3.63) is 82.9 Å². The number of aromatic hydroxyl groups is 3. The van der Waals surface area contributed by atoms with Crippen LogP contribution in [0.4, 0.5) is 0 Å². The minimum Gasteiger partial charge on any atom is -0.504 e. The van der Waals surface area contributed by atoms with Gasteiger partial charge in [-0.05, 0) is 65.8 Å². The predicted octanol–water partition coefficient (Wildman–Crippen LogP) is 5.49. The van der Waals surface area contributed by atoms with Gasteiger partial charge in [0.2, 0.25) is 0 Å². The highest BCUT2D eigenvalue weighted by Gasteiger charge is 2.46. The monoisotopic (exact) mass is 584 g/mol. The normalized spacial score (nSPS) is 23.7. The lowest BCUT2D eigenvalue weighted by molar-refractivity contribution is -0.122. The third-order valence-electron chi connectivity index (χ3n) is 9.51. The van der Waals surface area contributed by atoms with Gasteiger partial charge in [0.1, 0.15) is 5.78 Å². The van der Waals surface area contributed by atoms with Crippen molar-refractivity contribution >= 4 is 5.78 Å². The molecule has 3 aromatic rings. The third-order valence-corrected chi connectivity index (χ3v) is 9.51. The first-order chi connectivity index (χ1) is 20.8. The van der Waals surface area contributed by atoms with Crippen molar-refractivity contribution in [3.63, 3.8) is 0 Å². The van der Waals surface area contributed by atoms with Crippen LogP contribution in [0, 0.1) is 23.7 Å². The van der Waals surface area contributed by atoms with Crippen molar-refractivity contribution in [2.75, 3.05) is 7.11 Å². The van der Waals surface area contributed by atoms with Crippen LogP contribution in [-0.4, -0.2) is 44.5 Å². The molecule has 0 heterocycles. The molecule has 7 heteroatoms. The number of benzene rings is 3. The van der Waals surface area contributed by atoms with E-state index in [1.807, 2.05) is 36.4 Å². The van der Waals surface area contributed by atoms with E-state index < -0.39 is 17.4 Å². The minimum absolute atomic E-state index is 0.0452. The van der Waals surface area contributed by atoms with Crippen molar-refractivity contribution in [2.45, 2.75) is 75.4 Å². The summed E-state index contributed by atoms with van der Waals surface area (Å²) in [5.74, 6) is 5.52. The van der Waals surface area contributed by atoms with E-state index in [-0.39, 0.29) is 60.1 Å². The summed E-state index contributed by atoms with van der Waals surface area (Å²) in [6.45, 7) is -0.324. The molecule has 7 nitrogen and oxygen atoms in total. The molecule has 0 radical (unpaired) electrons. The van der Waals surface area contributed by atoms with Crippen molar-refractivity contribution in [3.8, 4) is 34.8 Å². The molecular formula is C36H40O7. The molecule has 3 aromatic carbocycles. The largest absolute Gasteiger partial charge is 0.504 e. The molecule has 5 rings (SSSR count). The number of hydrogen-bond donors (Lipinski definition) is 5. The topological polar surface area (TPSA) is 127 Å². The zero-order chi connectivity index (χ0) is 30.6. The van der Waals surface area contributed by atoms with Gasteiger partial charge in [0.05, 0.1) is 19.8 Å². The maximum atomic E-state index is 13.8. The van der Waals surface area contributed by atoms with E-state index in [4.69, 9.17) is 4.74 Å². The number of ether oxygens (including phenoxy) is 1. The highest BCUT2D eigenvalue weighted by Crippen LogP contribution is 2.51. The Morgan fingerprint density at radius 2 is 1.67 bits per heavy atom. The first kappa shape index (κ1) is 30.5. The van der Waals surface area contributed by atoms with Gasteiger partial charge < -0.3 is 30.3 Å². The summed E-state index contributed by atoms with van der Waals surface area (Å²) in [6.07, 6.45) is 3.53. The molecule has 226 valence electrons. The summed E-state index contributed by atoms with van der Waals surface area (Å²) in [4.78, 5) is 13.8. The fourth-order valence-electron chi connectivity index (χ4n) is 7.32. The van der Waals surface area contributed by atoms with Crippen LogP contribution in [0.25, 0.3) is 0 Å². The summed E-state index contributed by atoms with van der Waals surface area (Å²) < 4.78 is 5.39. The fourth-order valence-corrected chi connectivity index (χ4v) is 7.32. The molecular weight excluding hydrogens is 544 g/mol. The quantitative estimate of drug-likeness (QED) is 0.184. The minimum atomic E-state index is -0.950. The van der Waals surface area contributed by atoms with Crippen molar-refractivity contribution in [1.82, 2.24) is 0 Å². The Morgan fingerprint density at radius 3 is 2.35 bits per heavy atom. The second-order valence-corrected chi connectivity index (χ2v) is 12.0. The zero-order valence-corrected chi connectivity index (χ0v) is 24.5. The van der Waals surface area contributed by atoms with Crippen LogP contribution < -0.4 is 4.74 Å². The molecule has 4 unspecified atom stereocenters. The number of hydrogen-bond acceptors (Lipinski definition) is 7. The number of carbonyl (C=O) groups excluding carboxylic acids is 1. The predicted molar refractivity (Wildman–Crippen MR) is 163 cm³/mol. The molecule has 43 heavy (non-hydrogen) atoms. The van der Waals surface area contributed by atoms with Gasteiger partial charge in [0, 0.05) is 42.4 Å². The second-order valence-electron chi connectivity index (χ2n) is 12.0. The Kier molecular flexibility index (Phi) is 9.29. The van der Waals surface area contributed by atoms with Gasteiger partial charge in [-0.3, -0.25) is 4.79 Å². The van der Waals surface area contributed by atoms with Crippen LogP contribution >= 0.6 is 0 Å². The molecule has 4 atom stereocenters. The van der Waals surface area contributed by atoms with E-state index in [0.29, 0.717) is 24.0 Å². The lowest BCUT2D eigenvalue weighted by Gasteiger charge is -2.40. The lowest BCUT2D eigenvalue weighted by Crippen LogP contribution is -2.41. The first-order valence-corrected chi connectivity index (χ1v) is 15.0. The Hall–Kier alpha value is -3.99. The summed E-state index contributed by atoms with van der Waals surface area (Å²) in [7, 11) is 1.46. The van der Waals surface area contributed by atoms with E-state index in [2.05, 4.69) is 11.8 Å². The SMILES string of the molecule is COc1cc(C2CC(=O)CC(O)C(C3(c4ccc(O)c(O)c4)CCCC3)CC#CC2Cc2ccccc2)c(CO)cc1O. The summed E-state index contributed by atoms with van der Waals surface area (Å²) in [5.41, 5.74) is 2.62. The van der Waals surface area contributed by atoms with E-state index in [9.17, 15) is 30.3 Å². The van der Waals surface area contributed by atoms with Gasteiger partial charge in [-0.1, -0.05) is 55.2 Å². The van der Waals surface area contributed by atoms with Crippen LogP contribution in [0.3, 0.4) is 0 Å². The number of rotatable bonds is 7. The van der Waals surface area contributed by atoms with E-state index in [0.717, 1.165) is 36.8 Å². The molecule has 5 N–H and O–H groups in total. The van der Waals surface area contributed by atoms with Gasteiger partial charge in [-0.25, -0.2) is 0 Å². The number of phenols is 3. The average Bonchev–Trinajstić information content (AvgIpc) is 3.50. The number of aliphatic hydroxyl groups excluding tert-OH is 2. The summed E-state index contributed by atoms with van der Waals surface area (Å²) in [6, 6.07) is 18.0. The second kappa shape index (κ2) is 13.1. The van der Waals surface area contributed by atoms with Crippen LogP contribution in [0.15, 0.2) is 60.7 Å². The number of carbonyl (C=O) groups is 1. The van der Waals surface area contributed by atoms with E-state index >= 15 is 0 Å². The third kappa shape index (κ3) is 6.36. The van der Waals surface area contributed by atoms with E-state index in [1.165, 1.54) is 19.2 Å². The van der Waals surface area contributed by atoms with Crippen LogP contribution in [-0.2, 0) is 23.2 Å². The molecule has 0 aromatic heterocycles. The summed E-state index contributed by atoms with van der Waals surface area (Å²) in [5, 5.41) is 52.6. The molecule has 0 amide bonds. The van der Waals surface area contributed by atoms with Crippen LogP contribution in [0.2, 0.25) is 0 Å². The maximum Gasteiger partial charge on any atom is 0.160 e. The molecule has 0 bridgehead atoms. The number of phenolic OH excluding ortho intramolecular Hbond substituents is 3. The molecule has 1 fully saturated rings. The molecule has 2 aliphatic rings. The highest BCUT2D eigenvalue weighted by molar-refractivity contribution is 5.80. The fraction of sp³-hybridized carbons (Fsp3) is 0.417. The van der Waals surface area contributed by atoms with Crippen molar-refractivity contribution in [1.29, 1.82) is 0 Å². The maximum absolute atomic E-state index is 13.8. The molecule has 0 spiro atoms. The Labute approximate surface area is 252 Å². The highest BCUT2D eigenvalue weighted by atomic mass is 16.5. The molecule has 1 saturated carbocycles. The Morgan fingerprint density at radius 1 is 0.930 bits per heavy atom. The van der Waals surface area contributed by atoms with Crippen LogP contribution in [0.1, 0.15) is 73.1 Å². The number of Topliss-reactive ketones (excluding diaryl/α,β-unsaturated/α-hetero) is 1. The zero-order valence-electron chi connectivity index (χ0n) is 24.5. The van der Waals surface area contributed by atoms with Gasteiger partial charge >= 0.3 is 0 Å². The molecule has 2 aliphatic carbocycles. The first-order valence-electron chi connectivity index (χ1n) is 15.0. The van der Waals surface area contributed by atoms with Gasteiger partial charge in [0.25, 0.3) is 0 Å². The van der Waals surface area contributed by atoms with E-state index in [1.54, 1.807) is 12.1 Å².